The molecule has 0 radical (unpaired) electrons. The van der Waals surface area contributed by atoms with Crippen molar-refractivity contribution in [3.05, 3.63) is 16.1 Å². The van der Waals surface area contributed by atoms with Gasteiger partial charge >= 0.3 is 0 Å². The molecule has 1 unspecified atom stereocenters. The number of rotatable bonds is 4. The fraction of sp³-hybridized carbons (Fsp3) is 0.667. The lowest BCUT2D eigenvalue weighted by molar-refractivity contribution is -0.131. The Morgan fingerprint density at radius 2 is 2.29 bits per heavy atom. The molecule has 4 nitrogen and oxygen atoms in total. The lowest BCUT2D eigenvalue weighted by atomic mass is 10.3. The van der Waals surface area contributed by atoms with Gasteiger partial charge in [0.25, 0.3) is 0 Å². The number of carbonyl (C=O) groups is 1. The van der Waals surface area contributed by atoms with Crippen LogP contribution in [0.5, 0.6) is 0 Å². The fourth-order valence-corrected chi connectivity index (χ4v) is 2.75. The summed E-state index contributed by atoms with van der Waals surface area (Å²) in [5.41, 5.74) is 1.05. The van der Waals surface area contributed by atoms with Crippen LogP contribution in [0.25, 0.3) is 0 Å². The van der Waals surface area contributed by atoms with Gasteiger partial charge in [-0.15, -0.1) is 11.3 Å². The maximum Gasteiger partial charge on any atom is 0.239 e. The molecule has 1 N–H and O–H groups in total. The Morgan fingerprint density at radius 3 is 2.88 bits per heavy atom. The summed E-state index contributed by atoms with van der Waals surface area (Å²) in [4.78, 5) is 18.3. The van der Waals surface area contributed by atoms with Crippen LogP contribution in [0.15, 0.2) is 5.38 Å². The largest absolute Gasteiger partial charge is 0.341 e. The molecule has 1 amide bonds. The molecule has 94 valence electrons. The van der Waals surface area contributed by atoms with E-state index in [2.05, 4.69) is 10.3 Å². The molecule has 0 aliphatic carbocycles. The maximum absolute atomic E-state index is 12.0. The fourth-order valence-electron chi connectivity index (χ4n) is 2.02. The number of amides is 1. The molecule has 17 heavy (non-hydrogen) atoms. The van der Waals surface area contributed by atoms with E-state index >= 15 is 0 Å². The van der Waals surface area contributed by atoms with Crippen molar-refractivity contribution in [2.24, 2.45) is 0 Å². The third-order valence-electron chi connectivity index (χ3n) is 3.01. The SMILES string of the molecule is Cc1csc(CNC(C)C(=O)N2CCCC2)n1. The minimum atomic E-state index is -0.114. The van der Waals surface area contributed by atoms with E-state index in [9.17, 15) is 4.79 Å². The molecule has 0 saturated carbocycles. The first-order valence-corrected chi connectivity index (χ1v) is 6.98. The number of likely N-dealkylation sites (tertiary alicyclic amines) is 1. The molecule has 1 aliphatic heterocycles. The van der Waals surface area contributed by atoms with Gasteiger partial charge in [0.15, 0.2) is 0 Å². The van der Waals surface area contributed by atoms with Crippen molar-refractivity contribution >= 4 is 17.2 Å². The number of aromatic nitrogens is 1. The molecule has 1 fully saturated rings. The van der Waals surface area contributed by atoms with E-state index in [1.165, 1.54) is 0 Å². The van der Waals surface area contributed by atoms with Crippen LogP contribution >= 0.6 is 11.3 Å². The molecule has 1 saturated heterocycles. The van der Waals surface area contributed by atoms with Crippen molar-refractivity contribution in [1.29, 1.82) is 0 Å². The predicted molar refractivity (Wildman–Crippen MR) is 69.0 cm³/mol. The van der Waals surface area contributed by atoms with Gasteiger partial charge in [0.2, 0.25) is 5.91 Å². The number of nitrogens with one attached hydrogen (secondary N) is 1. The first-order valence-electron chi connectivity index (χ1n) is 6.10. The number of hydrogen-bond acceptors (Lipinski definition) is 4. The lowest BCUT2D eigenvalue weighted by Gasteiger charge is -2.20. The van der Waals surface area contributed by atoms with Gasteiger partial charge in [-0.2, -0.15) is 0 Å². The molecular formula is C12H19N3OS. The van der Waals surface area contributed by atoms with Crippen LogP contribution in [-0.2, 0) is 11.3 Å². The van der Waals surface area contributed by atoms with Crippen molar-refractivity contribution in [2.45, 2.75) is 39.3 Å². The highest BCUT2D eigenvalue weighted by atomic mass is 32.1. The molecule has 1 aliphatic rings. The van der Waals surface area contributed by atoms with Gasteiger partial charge in [-0.1, -0.05) is 0 Å². The predicted octanol–water partition coefficient (Wildman–Crippen LogP) is 1.55. The van der Waals surface area contributed by atoms with Crippen LogP contribution in [0.1, 0.15) is 30.5 Å². The van der Waals surface area contributed by atoms with Crippen LogP contribution in [0.3, 0.4) is 0 Å². The number of aryl methyl sites for hydroxylation is 1. The van der Waals surface area contributed by atoms with Gasteiger partial charge in [0.05, 0.1) is 6.04 Å². The van der Waals surface area contributed by atoms with E-state index in [4.69, 9.17) is 0 Å². The summed E-state index contributed by atoms with van der Waals surface area (Å²) in [5.74, 6) is 0.218. The molecule has 0 aromatic carbocycles. The third kappa shape index (κ3) is 3.26. The van der Waals surface area contributed by atoms with Gasteiger partial charge < -0.3 is 4.90 Å². The normalized spacial score (nSPS) is 17.4. The average Bonchev–Trinajstić information content (AvgIpc) is 2.95. The highest BCUT2D eigenvalue weighted by Gasteiger charge is 2.22. The molecule has 0 spiro atoms. The van der Waals surface area contributed by atoms with E-state index < -0.39 is 0 Å². The second-order valence-corrected chi connectivity index (χ2v) is 5.46. The van der Waals surface area contributed by atoms with Crippen molar-refractivity contribution in [3.8, 4) is 0 Å². The zero-order valence-electron chi connectivity index (χ0n) is 10.4. The highest BCUT2D eigenvalue weighted by Crippen LogP contribution is 2.11. The molecule has 1 aromatic rings. The third-order valence-corrected chi connectivity index (χ3v) is 3.98. The second kappa shape index (κ2) is 5.60. The Labute approximate surface area is 106 Å². The van der Waals surface area contributed by atoms with Gasteiger partial charge in [-0.05, 0) is 26.7 Å². The summed E-state index contributed by atoms with van der Waals surface area (Å²) >= 11 is 1.64. The topological polar surface area (TPSA) is 45.2 Å². The first-order chi connectivity index (χ1) is 8.16. The monoisotopic (exact) mass is 253 g/mol. The summed E-state index contributed by atoms with van der Waals surface area (Å²) in [6.45, 7) is 6.43. The van der Waals surface area contributed by atoms with Crippen molar-refractivity contribution < 1.29 is 4.79 Å². The van der Waals surface area contributed by atoms with Crippen LogP contribution in [0, 0.1) is 6.92 Å². The van der Waals surface area contributed by atoms with E-state index in [0.717, 1.165) is 36.6 Å². The standard InChI is InChI=1S/C12H19N3OS/c1-9-8-17-11(14-9)7-13-10(2)12(16)15-5-3-4-6-15/h8,10,13H,3-7H2,1-2H3. The second-order valence-electron chi connectivity index (χ2n) is 4.52. The Kier molecular flexibility index (Phi) is 4.12. The molecule has 5 heteroatoms. The summed E-state index contributed by atoms with van der Waals surface area (Å²) in [6.07, 6.45) is 2.29. The average molecular weight is 253 g/mol. The lowest BCUT2D eigenvalue weighted by Crippen LogP contribution is -2.43. The molecule has 2 rings (SSSR count). The van der Waals surface area contributed by atoms with Crippen LogP contribution < -0.4 is 5.32 Å². The van der Waals surface area contributed by atoms with Gasteiger partial charge in [-0.25, -0.2) is 4.98 Å². The molecule has 1 atom stereocenters. The minimum Gasteiger partial charge on any atom is -0.341 e. The number of carbonyl (C=O) groups excluding carboxylic acids is 1. The van der Waals surface area contributed by atoms with E-state index in [0.29, 0.717) is 6.54 Å². The summed E-state index contributed by atoms with van der Waals surface area (Å²) < 4.78 is 0. The van der Waals surface area contributed by atoms with Gasteiger partial charge in [-0.3, -0.25) is 10.1 Å². The Balaban J connectivity index is 1.80. The summed E-state index contributed by atoms with van der Waals surface area (Å²) in [6, 6.07) is -0.114. The zero-order chi connectivity index (χ0) is 12.3. The van der Waals surface area contributed by atoms with E-state index in [1.54, 1.807) is 11.3 Å². The molecular weight excluding hydrogens is 234 g/mol. The molecule has 1 aromatic heterocycles. The minimum absolute atomic E-state index is 0.114. The zero-order valence-corrected chi connectivity index (χ0v) is 11.2. The number of hydrogen-bond donors (Lipinski definition) is 1. The maximum atomic E-state index is 12.0. The smallest absolute Gasteiger partial charge is 0.239 e. The highest BCUT2D eigenvalue weighted by molar-refractivity contribution is 7.09. The van der Waals surface area contributed by atoms with E-state index in [-0.39, 0.29) is 11.9 Å². The van der Waals surface area contributed by atoms with Crippen molar-refractivity contribution in [2.75, 3.05) is 13.1 Å². The van der Waals surface area contributed by atoms with E-state index in [1.807, 2.05) is 24.1 Å². The van der Waals surface area contributed by atoms with Crippen LogP contribution in [0.4, 0.5) is 0 Å². The van der Waals surface area contributed by atoms with Crippen LogP contribution in [0.2, 0.25) is 0 Å². The molecule has 2 heterocycles. The Hall–Kier alpha value is -0.940. The Morgan fingerprint density at radius 1 is 1.59 bits per heavy atom. The number of nitrogens with zero attached hydrogens (tertiary/aromatic N) is 2. The Bertz CT molecular complexity index is 385. The summed E-state index contributed by atoms with van der Waals surface area (Å²) in [5, 5.41) is 6.32. The first kappa shape index (κ1) is 12.5. The summed E-state index contributed by atoms with van der Waals surface area (Å²) in [7, 11) is 0. The van der Waals surface area contributed by atoms with Crippen LogP contribution in [-0.4, -0.2) is 34.9 Å². The quantitative estimate of drug-likeness (QED) is 0.885. The van der Waals surface area contributed by atoms with Crippen molar-refractivity contribution in [3.63, 3.8) is 0 Å². The number of thiazole rings is 1. The molecule has 0 bridgehead atoms. The van der Waals surface area contributed by atoms with Gasteiger partial charge in [0, 0.05) is 30.7 Å². The van der Waals surface area contributed by atoms with Gasteiger partial charge in [0.1, 0.15) is 5.01 Å². The van der Waals surface area contributed by atoms with Crippen molar-refractivity contribution in [1.82, 2.24) is 15.2 Å².